The second-order valence-electron chi connectivity index (χ2n) is 18.9. The van der Waals surface area contributed by atoms with Gasteiger partial charge in [-0.15, -0.1) is 0 Å². The van der Waals surface area contributed by atoms with Gasteiger partial charge in [-0.25, -0.2) is 29.8 Å². The van der Waals surface area contributed by atoms with Crippen molar-refractivity contribution in [3.8, 4) is 0 Å². The van der Waals surface area contributed by atoms with Crippen LogP contribution >= 0.6 is 0 Å². The summed E-state index contributed by atoms with van der Waals surface area (Å²) < 4.78 is 36.9. The molecule has 5 aliphatic carbocycles. The number of hydroxylamine groups is 2. The number of aromatic amines is 4. The molecule has 4 aromatic heterocycles. The van der Waals surface area contributed by atoms with E-state index in [-0.39, 0.29) is 23.3 Å². The van der Waals surface area contributed by atoms with Crippen molar-refractivity contribution in [3.05, 3.63) is 70.9 Å². The fraction of sp³-hybridized carbons (Fsp3) is 0.680. The Kier molecular flexibility index (Phi) is 22.0. The molecule has 0 spiro atoms. The zero-order valence-corrected chi connectivity index (χ0v) is 40.3. The van der Waals surface area contributed by atoms with E-state index < -0.39 is 17.8 Å². The summed E-state index contributed by atoms with van der Waals surface area (Å²) in [5, 5.41) is 9.92. The van der Waals surface area contributed by atoms with Crippen LogP contribution < -0.4 is 0 Å². The van der Waals surface area contributed by atoms with Gasteiger partial charge in [-0.1, -0.05) is 96.3 Å². The molecule has 5 N–H and O–H groups in total. The van der Waals surface area contributed by atoms with Crippen LogP contribution in [-0.4, -0.2) is 88.1 Å². The number of carboxylic acids is 1. The fourth-order valence-corrected chi connectivity index (χ4v) is 9.74. The Bertz CT molecular complexity index is 2030. The third-order valence-corrected chi connectivity index (χ3v) is 13.9. The van der Waals surface area contributed by atoms with Gasteiger partial charge in [0, 0.05) is 43.6 Å². The zero-order valence-electron chi connectivity index (χ0n) is 40.3. The van der Waals surface area contributed by atoms with Crippen molar-refractivity contribution in [1.29, 1.82) is 0 Å². The Morgan fingerprint density at radius 3 is 1.22 bits per heavy atom. The lowest BCUT2D eigenvalue weighted by Gasteiger charge is -2.19. The minimum absolute atomic E-state index is 0.0690. The van der Waals surface area contributed by atoms with E-state index in [1.54, 1.807) is 26.4 Å². The van der Waals surface area contributed by atoms with Crippen molar-refractivity contribution in [2.45, 2.75) is 197 Å². The second-order valence-corrected chi connectivity index (χ2v) is 18.9. The van der Waals surface area contributed by atoms with Crippen molar-refractivity contribution < 1.29 is 42.3 Å². The molecule has 4 heterocycles. The molecule has 5 fully saturated rings. The van der Waals surface area contributed by atoms with Gasteiger partial charge in [0.25, 0.3) is 5.91 Å². The van der Waals surface area contributed by atoms with Gasteiger partial charge in [-0.2, -0.15) is 13.2 Å². The first-order valence-corrected chi connectivity index (χ1v) is 25.1. The topological polar surface area (TPSA) is 216 Å². The van der Waals surface area contributed by atoms with Crippen LogP contribution in [0.25, 0.3) is 0 Å². The van der Waals surface area contributed by atoms with E-state index in [1.165, 1.54) is 128 Å². The van der Waals surface area contributed by atoms with E-state index in [0.717, 1.165) is 81.3 Å². The number of carbonyl (C=O) groups excluding carboxylic acids is 3. The average molecular weight is 954 g/mol. The van der Waals surface area contributed by atoms with Gasteiger partial charge < -0.3 is 29.8 Å². The lowest BCUT2D eigenvalue weighted by atomic mass is 9.89. The van der Waals surface area contributed by atoms with Crippen LogP contribution in [0.4, 0.5) is 13.2 Å². The lowest BCUT2D eigenvalue weighted by Crippen LogP contribution is -2.25. The number of nitrogens with zero attached hydrogens (tertiary/aromatic N) is 5. The number of Topliss-reactive ketones (excluding diaryl/α,β-unsaturated/α-hetero) is 1. The normalized spacial score (nSPS) is 18.8. The highest BCUT2D eigenvalue weighted by Crippen LogP contribution is 2.35. The maximum atomic E-state index is 12.3. The van der Waals surface area contributed by atoms with Crippen LogP contribution in [0.15, 0.2) is 24.8 Å². The molecule has 0 radical (unpaired) electrons. The maximum Gasteiger partial charge on any atom is 0.432 e. The summed E-state index contributed by atoms with van der Waals surface area (Å²) in [6.45, 7) is 1.57. The molecule has 0 bridgehead atoms. The van der Waals surface area contributed by atoms with Gasteiger partial charge in [-0.05, 0) is 64.2 Å². The molecule has 5 saturated carbocycles. The Balaban J connectivity index is 0.000000161. The van der Waals surface area contributed by atoms with Gasteiger partial charge in [-0.3, -0.25) is 14.4 Å². The number of imidazole rings is 4. The number of ketones is 1. The predicted octanol–water partition coefficient (Wildman–Crippen LogP) is 12.1. The summed E-state index contributed by atoms with van der Waals surface area (Å²) in [6.07, 6.45) is 32.3. The first-order chi connectivity index (χ1) is 32.8. The Morgan fingerprint density at radius 2 is 0.912 bits per heavy atom. The standard InChI is InChI=1S/C12H19N3O2.C11H16N2O.C10H13F3N2.C10H14N2O2.C7H12O/c1-15(17-2)12(16)10-8-13-11(14-10)9-6-4-3-5-7-9;1-8(14)10-7-12-11(13-10)9-5-3-2-4-6-9;11-10(12,13)8-6-14-9(15-8)7-4-2-1-3-5-7;13-10(14)8-6-11-9(12-8)7-4-2-1-3-5-7;8-6-7-4-2-1-3-5-7/h8-9H,3-7H2,1-2H3,(H,13,14);7,9H,2-6H2,1H3,(H,12,13);6-7H,1-5H2,(H,14,15);6-7H,1-5H2,(H,11,12)(H,13,14);6-7H,1-5H2. The molecule has 0 saturated heterocycles. The van der Waals surface area contributed by atoms with Gasteiger partial charge in [0.05, 0.1) is 31.9 Å². The molecule has 18 heteroatoms. The van der Waals surface area contributed by atoms with E-state index in [4.69, 9.17) is 9.94 Å². The van der Waals surface area contributed by atoms with Crippen molar-refractivity contribution in [2.75, 3.05) is 14.2 Å². The molecular formula is C50H74F3N9O6. The second kappa shape index (κ2) is 27.8. The number of amides is 1. The zero-order chi connectivity index (χ0) is 48.9. The minimum atomic E-state index is -4.31. The molecule has 5 aliphatic rings. The van der Waals surface area contributed by atoms with Crippen molar-refractivity contribution in [1.82, 2.24) is 44.9 Å². The number of alkyl halides is 3. The highest BCUT2D eigenvalue weighted by Gasteiger charge is 2.34. The van der Waals surface area contributed by atoms with E-state index in [1.807, 2.05) is 0 Å². The minimum Gasteiger partial charge on any atom is -0.477 e. The molecule has 0 aromatic carbocycles. The number of carbonyl (C=O) groups is 4. The van der Waals surface area contributed by atoms with Gasteiger partial charge in [0.1, 0.15) is 52.4 Å². The molecular weight excluding hydrogens is 880 g/mol. The summed E-state index contributed by atoms with van der Waals surface area (Å²) in [5.74, 6) is 4.32. The van der Waals surface area contributed by atoms with Crippen molar-refractivity contribution >= 4 is 23.9 Å². The largest absolute Gasteiger partial charge is 0.477 e. The smallest absolute Gasteiger partial charge is 0.432 e. The summed E-state index contributed by atoms with van der Waals surface area (Å²) in [4.78, 5) is 76.6. The van der Waals surface area contributed by atoms with E-state index in [9.17, 15) is 32.3 Å². The SMILES string of the molecule is CC(=O)c1cnc(C2CCCCC2)[nH]1.CON(C)C(=O)c1cnc(C2CCCCC2)[nH]1.FC(F)(F)c1cnc(C2CCCCC2)[nH]1.O=C(O)c1cnc(C2CCCCC2)[nH]1.O=CC1CCCCC1. The number of carboxylic acid groups (broad SMARTS) is 1. The van der Waals surface area contributed by atoms with Crippen LogP contribution in [0.1, 0.15) is 252 Å². The van der Waals surface area contributed by atoms with E-state index in [2.05, 4.69) is 39.9 Å². The number of aromatic carboxylic acids is 1. The molecule has 0 aliphatic heterocycles. The van der Waals surface area contributed by atoms with Crippen LogP contribution in [-0.2, 0) is 15.8 Å². The third-order valence-electron chi connectivity index (χ3n) is 13.9. The van der Waals surface area contributed by atoms with Gasteiger partial charge in [0.15, 0.2) is 5.78 Å². The molecule has 9 rings (SSSR count). The number of aldehydes is 1. The monoisotopic (exact) mass is 954 g/mol. The Hall–Kier alpha value is -5.13. The molecule has 15 nitrogen and oxygen atoms in total. The van der Waals surface area contributed by atoms with Crippen LogP contribution in [0.3, 0.4) is 0 Å². The Morgan fingerprint density at radius 1 is 0.574 bits per heavy atom. The summed E-state index contributed by atoms with van der Waals surface area (Å²) in [6, 6.07) is 0. The average Bonchev–Trinajstić information content (AvgIpc) is 4.24. The fourth-order valence-electron chi connectivity index (χ4n) is 9.74. The number of halogens is 3. The third kappa shape index (κ3) is 17.1. The van der Waals surface area contributed by atoms with Crippen LogP contribution in [0.2, 0.25) is 0 Å². The number of hydrogen-bond donors (Lipinski definition) is 5. The maximum absolute atomic E-state index is 12.3. The predicted molar refractivity (Wildman–Crippen MR) is 251 cm³/mol. The first-order valence-electron chi connectivity index (χ1n) is 25.1. The summed E-state index contributed by atoms with van der Waals surface area (Å²) >= 11 is 0. The summed E-state index contributed by atoms with van der Waals surface area (Å²) in [7, 11) is 3.06. The Labute approximate surface area is 398 Å². The van der Waals surface area contributed by atoms with Crippen molar-refractivity contribution in [3.63, 3.8) is 0 Å². The van der Waals surface area contributed by atoms with Gasteiger partial charge in [0.2, 0.25) is 0 Å². The highest BCUT2D eigenvalue weighted by molar-refractivity contribution is 5.92. The number of aromatic nitrogens is 8. The molecule has 0 atom stereocenters. The molecule has 0 unspecified atom stereocenters. The van der Waals surface area contributed by atoms with Crippen LogP contribution in [0, 0.1) is 5.92 Å². The number of rotatable bonds is 9. The lowest BCUT2D eigenvalue weighted by molar-refractivity contribution is -0.141. The van der Waals surface area contributed by atoms with Crippen molar-refractivity contribution in [2.24, 2.45) is 5.92 Å². The van der Waals surface area contributed by atoms with Crippen LogP contribution in [0.5, 0.6) is 0 Å². The molecule has 1 amide bonds. The van der Waals surface area contributed by atoms with E-state index >= 15 is 0 Å². The summed E-state index contributed by atoms with van der Waals surface area (Å²) in [5.41, 5.74) is 0.606. The number of nitrogens with one attached hydrogen (secondary N) is 4. The molecule has 376 valence electrons. The highest BCUT2D eigenvalue weighted by atomic mass is 19.4. The number of H-pyrrole nitrogens is 4. The number of hydrogen-bond acceptors (Lipinski definition) is 9. The first kappa shape index (κ1) is 53.8. The van der Waals surface area contributed by atoms with E-state index in [0.29, 0.717) is 40.9 Å². The van der Waals surface area contributed by atoms with Gasteiger partial charge >= 0.3 is 12.1 Å². The quantitative estimate of drug-likeness (QED) is 0.0607. The molecule has 68 heavy (non-hydrogen) atoms. The molecule has 4 aromatic rings.